The maximum atomic E-state index is 6.12. The molecule has 0 saturated heterocycles. The van der Waals surface area contributed by atoms with E-state index in [2.05, 4.69) is 69.2 Å². The first-order valence-electron chi connectivity index (χ1n) is 11.2. The van der Waals surface area contributed by atoms with Gasteiger partial charge in [-0.25, -0.2) is 0 Å². The molecule has 0 spiro atoms. The third-order valence-corrected chi connectivity index (χ3v) is 6.64. The Hall–Kier alpha value is -0.0800. The number of hydrogen-bond donors (Lipinski definition) is 0. The molecule has 0 saturated carbocycles. The van der Waals surface area contributed by atoms with E-state index in [4.69, 9.17) is 9.47 Å². The molecule has 0 heterocycles. The molecule has 0 aromatic heterocycles. The lowest BCUT2D eigenvalue weighted by Gasteiger charge is -2.39. The molecule has 0 aliphatic heterocycles. The van der Waals surface area contributed by atoms with Crippen LogP contribution in [0.4, 0.5) is 0 Å². The lowest BCUT2D eigenvalue weighted by Crippen LogP contribution is -2.35. The molecular formula is C24H50O2. The lowest BCUT2D eigenvalue weighted by molar-refractivity contribution is -0.0495. The van der Waals surface area contributed by atoms with E-state index in [1.807, 2.05) is 0 Å². The standard InChI is InChI=1S/C24H50O2/c1-11-23(21(7)8,15-19(3)4)17-25-13-14-26-18-24(12-2,22(9)10)16-20(5)6/h19-22H,11-18H2,1-10H3. The summed E-state index contributed by atoms with van der Waals surface area (Å²) in [5.74, 6) is 2.72. The summed E-state index contributed by atoms with van der Waals surface area (Å²) in [5.41, 5.74) is 0.605. The van der Waals surface area contributed by atoms with Crippen molar-refractivity contribution in [3.63, 3.8) is 0 Å². The SMILES string of the molecule is CCC(COCCOCC(CC)(CC(C)C)C(C)C)(CC(C)C)C(C)C. The Labute approximate surface area is 165 Å². The van der Waals surface area contributed by atoms with Crippen LogP contribution in [0, 0.1) is 34.5 Å². The Morgan fingerprint density at radius 3 is 1.08 bits per heavy atom. The van der Waals surface area contributed by atoms with Gasteiger partial charge in [0.15, 0.2) is 0 Å². The van der Waals surface area contributed by atoms with Gasteiger partial charge in [0, 0.05) is 0 Å². The van der Waals surface area contributed by atoms with E-state index in [1.54, 1.807) is 0 Å². The van der Waals surface area contributed by atoms with Crippen LogP contribution in [0.5, 0.6) is 0 Å². The Balaban J connectivity index is 4.47. The quantitative estimate of drug-likeness (QED) is 0.283. The fourth-order valence-corrected chi connectivity index (χ4v) is 4.53. The van der Waals surface area contributed by atoms with Crippen molar-refractivity contribution >= 4 is 0 Å². The molecule has 2 unspecified atom stereocenters. The molecule has 0 aliphatic rings. The van der Waals surface area contributed by atoms with Crippen LogP contribution in [0.3, 0.4) is 0 Å². The van der Waals surface area contributed by atoms with Gasteiger partial charge in [-0.05, 0) is 60.2 Å². The second kappa shape index (κ2) is 12.4. The molecule has 0 amide bonds. The van der Waals surface area contributed by atoms with Gasteiger partial charge in [0.2, 0.25) is 0 Å². The van der Waals surface area contributed by atoms with Crippen LogP contribution in [0.15, 0.2) is 0 Å². The number of ether oxygens (including phenoxy) is 2. The summed E-state index contributed by atoms with van der Waals surface area (Å²) in [6, 6.07) is 0. The van der Waals surface area contributed by atoms with E-state index >= 15 is 0 Å². The third-order valence-electron chi connectivity index (χ3n) is 6.64. The Morgan fingerprint density at radius 2 is 0.885 bits per heavy atom. The molecule has 0 bridgehead atoms. The summed E-state index contributed by atoms with van der Waals surface area (Å²) in [4.78, 5) is 0. The van der Waals surface area contributed by atoms with Crippen LogP contribution in [0.2, 0.25) is 0 Å². The zero-order chi connectivity index (χ0) is 20.4. The molecule has 26 heavy (non-hydrogen) atoms. The third kappa shape index (κ3) is 8.30. The Kier molecular flexibility index (Phi) is 12.4. The van der Waals surface area contributed by atoms with Gasteiger partial charge in [-0.2, -0.15) is 0 Å². The van der Waals surface area contributed by atoms with Crippen LogP contribution >= 0.6 is 0 Å². The van der Waals surface area contributed by atoms with Crippen molar-refractivity contribution in [2.24, 2.45) is 34.5 Å². The predicted octanol–water partition coefficient (Wildman–Crippen LogP) is 7.22. The van der Waals surface area contributed by atoms with Crippen molar-refractivity contribution in [2.75, 3.05) is 26.4 Å². The van der Waals surface area contributed by atoms with Gasteiger partial charge in [0.05, 0.1) is 26.4 Å². The molecule has 2 heteroatoms. The molecule has 0 aromatic rings. The fourth-order valence-electron chi connectivity index (χ4n) is 4.53. The minimum absolute atomic E-state index is 0.302. The zero-order valence-corrected chi connectivity index (χ0v) is 19.8. The molecule has 2 nitrogen and oxygen atoms in total. The van der Waals surface area contributed by atoms with Crippen LogP contribution in [-0.4, -0.2) is 26.4 Å². The minimum atomic E-state index is 0.302. The van der Waals surface area contributed by atoms with E-state index < -0.39 is 0 Å². The topological polar surface area (TPSA) is 18.5 Å². The summed E-state index contributed by atoms with van der Waals surface area (Å²) >= 11 is 0. The zero-order valence-electron chi connectivity index (χ0n) is 19.8. The van der Waals surface area contributed by atoms with Crippen molar-refractivity contribution in [2.45, 2.75) is 94.9 Å². The summed E-state index contributed by atoms with van der Waals surface area (Å²) in [6.45, 7) is 26.4. The van der Waals surface area contributed by atoms with Gasteiger partial charge in [-0.3, -0.25) is 0 Å². The lowest BCUT2D eigenvalue weighted by atomic mass is 9.70. The van der Waals surface area contributed by atoms with E-state index in [0.717, 1.165) is 13.2 Å². The van der Waals surface area contributed by atoms with Gasteiger partial charge >= 0.3 is 0 Å². The Morgan fingerprint density at radius 1 is 0.577 bits per heavy atom. The summed E-state index contributed by atoms with van der Waals surface area (Å²) in [7, 11) is 0. The van der Waals surface area contributed by atoms with Gasteiger partial charge < -0.3 is 9.47 Å². The van der Waals surface area contributed by atoms with Crippen molar-refractivity contribution in [1.29, 1.82) is 0 Å². The molecule has 0 rings (SSSR count). The normalized spacial score (nSPS) is 17.3. The maximum Gasteiger partial charge on any atom is 0.0700 e. The summed E-state index contributed by atoms with van der Waals surface area (Å²) in [5, 5.41) is 0. The van der Waals surface area contributed by atoms with E-state index in [1.165, 1.54) is 25.7 Å². The molecule has 0 N–H and O–H groups in total. The highest BCUT2D eigenvalue weighted by Crippen LogP contribution is 2.39. The van der Waals surface area contributed by atoms with Gasteiger partial charge in [-0.1, -0.05) is 69.2 Å². The highest BCUT2D eigenvalue weighted by Gasteiger charge is 2.34. The van der Waals surface area contributed by atoms with Gasteiger partial charge in [0.25, 0.3) is 0 Å². The summed E-state index contributed by atoms with van der Waals surface area (Å²) in [6.07, 6.45) is 4.85. The molecule has 0 aliphatic carbocycles. The van der Waals surface area contributed by atoms with Crippen LogP contribution in [-0.2, 0) is 9.47 Å². The first kappa shape index (κ1) is 25.9. The number of hydrogen-bond acceptors (Lipinski definition) is 2. The Bertz CT molecular complexity index is 314. The average Bonchev–Trinajstić information content (AvgIpc) is 2.54. The fraction of sp³-hybridized carbons (Fsp3) is 1.00. The highest BCUT2D eigenvalue weighted by atomic mass is 16.5. The van der Waals surface area contributed by atoms with Crippen molar-refractivity contribution in [3.05, 3.63) is 0 Å². The van der Waals surface area contributed by atoms with Crippen molar-refractivity contribution in [1.82, 2.24) is 0 Å². The van der Waals surface area contributed by atoms with Crippen LogP contribution in [0.25, 0.3) is 0 Å². The second-order valence-corrected chi connectivity index (χ2v) is 10.0. The van der Waals surface area contributed by atoms with Crippen LogP contribution < -0.4 is 0 Å². The van der Waals surface area contributed by atoms with Crippen LogP contribution in [0.1, 0.15) is 94.9 Å². The van der Waals surface area contributed by atoms with E-state index in [0.29, 0.717) is 47.7 Å². The molecule has 0 radical (unpaired) electrons. The maximum absolute atomic E-state index is 6.12. The summed E-state index contributed by atoms with van der Waals surface area (Å²) < 4.78 is 12.2. The second-order valence-electron chi connectivity index (χ2n) is 10.0. The minimum Gasteiger partial charge on any atom is -0.378 e. The van der Waals surface area contributed by atoms with Crippen molar-refractivity contribution < 1.29 is 9.47 Å². The van der Waals surface area contributed by atoms with Crippen molar-refractivity contribution in [3.8, 4) is 0 Å². The first-order valence-corrected chi connectivity index (χ1v) is 11.2. The monoisotopic (exact) mass is 370 g/mol. The first-order chi connectivity index (χ1) is 12.0. The average molecular weight is 371 g/mol. The molecule has 2 atom stereocenters. The van der Waals surface area contributed by atoms with E-state index in [-0.39, 0.29) is 0 Å². The molecule has 158 valence electrons. The molecule has 0 fully saturated rings. The van der Waals surface area contributed by atoms with E-state index in [9.17, 15) is 0 Å². The van der Waals surface area contributed by atoms with Gasteiger partial charge in [0.1, 0.15) is 0 Å². The smallest absolute Gasteiger partial charge is 0.0700 e. The largest absolute Gasteiger partial charge is 0.378 e. The molecule has 0 aromatic carbocycles. The highest BCUT2D eigenvalue weighted by molar-refractivity contribution is 4.83. The number of rotatable bonds is 15. The van der Waals surface area contributed by atoms with Gasteiger partial charge in [-0.15, -0.1) is 0 Å². The predicted molar refractivity (Wildman–Crippen MR) is 116 cm³/mol. The molecular weight excluding hydrogens is 320 g/mol.